The second-order valence-electron chi connectivity index (χ2n) is 4.63. The predicted molar refractivity (Wildman–Crippen MR) is 74.1 cm³/mol. The van der Waals surface area contributed by atoms with Crippen LogP contribution in [0.15, 0.2) is 18.2 Å². The van der Waals surface area contributed by atoms with Gasteiger partial charge in [-0.1, -0.05) is 0 Å². The lowest BCUT2D eigenvalue weighted by molar-refractivity contribution is -0.134. The minimum atomic E-state index is -2.94. The van der Waals surface area contributed by atoms with Gasteiger partial charge in [0.2, 0.25) is 0 Å². The van der Waals surface area contributed by atoms with E-state index in [0.29, 0.717) is 31.0 Å². The quantitative estimate of drug-likeness (QED) is 0.816. The number of ether oxygens (including phenoxy) is 3. The van der Waals surface area contributed by atoms with Gasteiger partial charge in [-0.2, -0.15) is 8.78 Å². The van der Waals surface area contributed by atoms with E-state index in [4.69, 9.17) is 9.47 Å². The number of halogens is 2. The van der Waals surface area contributed by atoms with E-state index in [-0.39, 0.29) is 18.2 Å². The van der Waals surface area contributed by atoms with Crippen LogP contribution < -0.4 is 20.1 Å². The van der Waals surface area contributed by atoms with Crippen molar-refractivity contribution in [1.29, 1.82) is 0 Å². The first-order chi connectivity index (χ1) is 10.6. The maximum Gasteiger partial charge on any atom is 0.387 e. The van der Waals surface area contributed by atoms with Gasteiger partial charge < -0.3 is 24.8 Å². The zero-order valence-electron chi connectivity index (χ0n) is 12.1. The Morgan fingerprint density at radius 2 is 2.36 bits per heavy atom. The summed E-state index contributed by atoms with van der Waals surface area (Å²) in [6, 6.07) is 4.43. The molecule has 1 heterocycles. The number of hydrogen-bond donors (Lipinski definition) is 2. The van der Waals surface area contributed by atoms with Crippen molar-refractivity contribution in [2.75, 3.05) is 26.8 Å². The second-order valence-corrected chi connectivity index (χ2v) is 4.63. The topological polar surface area (TPSA) is 68.8 Å². The third-order valence-corrected chi connectivity index (χ3v) is 3.16. The number of rotatable bonds is 6. The van der Waals surface area contributed by atoms with Crippen LogP contribution in [-0.4, -0.2) is 45.4 Å². The standard InChI is InChI=1S/C14H18F2N2O4/c1-20-10-2-3-11(22-14(15)16)9(6-10)7-18-13(19)12-8-17-4-5-21-12/h2-3,6,12,14,17H,4-5,7-8H2,1H3,(H,18,19). The predicted octanol–water partition coefficient (Wildman–Crippen LogP) is 0.901. The number of morpholine rings is 1. The van der Waals surface area contributed by atoms with Gasteiger partial charge in [0.25, 0.3) is 5.91 Å². The average molecular weight is 316 g/mol. The number of benzene rings is 1. The number of hydrogen-bond acceptors (Lipinski definition) is 5. The van der Waals surface area contributed by atoms with Crippen LogP contribution in [-0.2, 0) is 16.1 Å². The molecule has 1 aliphatic heterocycles. The minimum Gasteiger partial charge on any atom is -0.497 e. The summed E-state index contributed by atoms with van der Waals surface area (Å²) < 4.78 is 39.6. The Morgan fingerprint density at radius 3 is 3.00 bits per heavy atom. The molecule has 0 bridgehead atoms. The van der Waals surface area contributed by atoms with Gasteiger partial charge in [-0.3, -0.25) is 4.79 Å². The molecule has 1 aliphatic rings. The summed E-state index contributed by atoms with van der Waals surface area (Å²) in [4.78, 5) is 12.0. The van der Waals surface area contributed by atoms with Crippen molar-refractivity contribution in [3.63, 3.8) is 0 Å². The molecule has 1 aromatic carbocycles. The molecule has 1 fully saturated rings. The van der Waals surface area contributed by atoms with Crippen LogP contribution in [0.25, 0.3) is 0 Å². The number of carbonyl (C=O) groups is 1. The van der Waals surface area contributed by atoms with Gasteiger partial charge in [0, 0.05) is 25.2 Å². The monoisotopic (exact) mass is 316 g/mol. The maximum absolute atomic E-state index is 12.4. The SMILES string of the molecule is COc1ccc(OC(F)F)c(CNC(=O)C2CNCCO2)c1. The van der Waals surface area contributed by atoms with Crippen LogP contribution >= 0.6 is 0 Å². The van der Waals surface area contributed by atoms with Crippen molar-refractivity contribution >= 4 is 5.91 Å². The molecule has 122 valence electrons. The Hall–Kier alpha value is -1.93. The van der Waals surface area contributed by atoms with Crippen LogP contribution in [0, 0.1) is 0 Å². The highest BCUT2D eigenvalue weighted by atomic mass is 19.3. The van der Waals surface area contributed by atoms with Crippen molar-refractivity contribution < 1.29 is 27.8 Å². The lowest BCUT2D eigenvalue weighted by atomic mass is 10.1. The summed E-state index contributed by atoms with van der Waals surface area (Å²) >= 11 is 0. The molecule has 1 saturated heterocycles. The van der Waals surface area contributed by atoms with Gasteiger partial charge in [0.05, 0.1) is 13.7 Å². The van der Waals surface area contributed by atoms with Gasteiger partial charge >= 0.3 is 6.61 Å². The summed E-state index contributed by atoms with van der Waals surface area (Å²) in [6.07, 6.45) is -0.584. The van der Waals surface area contributed by atoms with Crippen molar-refractivity contribution in [3.05, 3.63) is 23.8 Å². The largest absolute Gasteiger partial charge is 0.497 e. The molecule has 0 aromatic heterocycles. The van der Waals surface area contributed by atoms with Gasteiger partial charge in [0.15, 0.2) is 0 Å². The maximum atomic E-state index is 12.4. The van der Waals surface area contributed by atoms with E-state index in [1.54, 1.807) is 0 Å². The Labute approximate surface area is 126 Å². The molecule has 0 spiro atoms. The fourth-order valence-corrected chi connectivity index (χ4v) is 2.06. The minimum absolute atomic E-state index is 0.00112. The third-order valence-electron chi connectivity index (χ3n) is 3.16. The van der Waals surface area contributed by atoms with Gasteiger partial charge in [-0.25, -0.2) is 0 Å². The van der Waals surface area contributed by atoms with Crippen molar-refractivity contribution in [2.45, 2.75) is 19.3 Å². The van der Waals surface area contributed by atoms with Gasteiger partial charge in [0.1, 0.15) is 17.6 Å². The number of carbonyl (C=O) groups excluding carboxylic acids is 1. The lowest BCUT2D eigenvalue weighted by Gasteiger charge is -2.23. The number of methoxy groups -OCH3 is 1. The lowest BCUT2D eigenvalue weighted by Crippen LogP contribution is -2.47. The first-order valence-electron chi connectivity index (χ1n) is 6.82. The summed E-state index contributed by atoms with van der Waals surface area (Å²) in [5.41, 5.74) is 0.400. The van der Waals surface area contributed by atoms with Crippen LogP contribution in [0.5, 0.6) is 11.5 Å². The van der Waals surface area contributed by atoms with Crippen LogP contribution in [0.1, 0.15) is 5.56 Å². The van der Waals surface area contributed by atoms with E-state index in [2.05, 4.69) is 15.4 Å². The molecule has 0 radical (unpaired) electrons. The van der Waals surface area contributed by atoms with E-state index >= 15 is 0 Å². The Bertz CT molecular complexity index is 508. The average Bonchev–Trinajstić information content (AvgIpc) is 2.54. The molecule has 1 unspecified atom stereocenters. The molecule has 1 aromatic rings. The molecule has 1 atom stereocenters. The molecule has 6 nitrogen and oxygen atoms in total. The fourth-order valence-electron chi connectivity index (χ4n) is 2.06. The van der Waals surface area contributed by atoms with E-state index in [0.717, 1.165) is 0 Å². The second kappa shape index (κ2) is 7.90. The van der Waals surface area contributed by atoms with Crippen LogP contribution in [0.2, 0.25) is 0 Å². The van der Waals surface area contributed by atoms with Crippen LogP contribution in [0.3, 0.4) is 0 Å². The van der Waals surface area contributed by atoms with Crippen molar-refractivity contribution in [2.24, 2.45) is 0 Å². The van der Waals surface area contributed by atoms with E-state index in [1.807, 2.05) is 0 Å². The summed E-state index contributed by atoms with van der Waals surface area (Å²) in [5.74, 6) is 0.179. The van der Waals surface area contributed by atoms with E-state index in [1.165, 1.54) is 25.3 Å². The number of alkyl halides is 2. The fraction of sp³-hybridized carbons (Fsp3) is 0.500. The highest BCUT2D eigenvalue weighted by Gasteiger charge is 2.22. The number of amides is 1. The Morgan fingerprint density at radius 1 is 1.55 bits per heavy atom. The Balaban J connectivity index is 2.01. The van der Waals surface area contributed by atoms with Gasteiger partial charge in [-0.05, 0) is 18.2 Å². The highest BCUT2D eigenvalue weighted by Crippen LogP contribution is 2.25. The third kappa shape index (κ3) is 4.54. The first kappa shape index (κ1) is 16.4. The smallest absolute Gasteiger partial charge is 0.387 e. The zero-order chi connectivity index (χ0) is 15.9. The van der Waals surface area contributed by atoms with Crippen molar-refractivity contribution in [3.8, 4) is 11.5 Å². The highest BCUT2D eigenvalue weighted by molar-refractivity contribution is 5.81. The zero-order valence-corrected chi connectivity index (χ0v) is 12.1. The molecule has 8 heteroatoms. The van der Waals surface area contributed by atoms with Crippen LogP contribution in [0.4, 0.5) is 8.78 Å². The molecule has 1 amide bonds. The van der Waals surface area contributed by atoms with Gasteiger partial charge in [-0.15, -0.1) is 0 Å². The molecule has 22 heavy (non-hydrogen) atoms. The molecule has 2 N–H and O–H groups in total. The molecule has 2 rings (SSSR count). The van der Waals surface area contributed by atoms with E-state index < -0.39 is 12.7 Å². The number of nitrogens with one attached hydrogen (secondary N) is 2. The van der Waals surface area contributed by atoms with E-state index in [9.17, 15) is 13.6 Å². The normalized spacial score (nSPS) is 18.1. The molecule has 0 saturated carbocycles. The van der Waals surface area contributed by atoms with Crippen molar-refractivity contribution in [1.82, 2.24) is 10.6 Å². The first-order valence-corrected chi connectivity index (χ1v) is 6.82. The summed E-state index contributed by atoms with van der Waals surface area (Å²) in [5, 5.41) is 5.69. The summed E-state index contributed by atoms with van der Waals surface area (Å²) in [6.45, 7) is -1.32. The molecular weight excluding hydrogens is 298 g/mol. The summed E-state index contributed by atoms with van der Waals surface area (Å²) in [7, 11) is 1.47. The molecule has 0 aliphatic carbocycles. The Kier molecular flexibility index (Phi) is 5.91. The molecular formula is C14H18F2N2O4.